The Hall–Kier alpha value is -2.85. The molecule has 0 saturated carbocycles. The van der Waals surface area contributed by atoms with E-state index in [1.165, 1.54) is 0 Å². The van der Waals surface area contributed by atoms with Gasteiger partial charge in [0.25, 0.3) is 0 Å². The minimum atomic E-state index is -0.616. The Morgan fingerprint density at radius 2 is 1.80 bits per heavy atom. The summed E-state index contributed by atoms with van der Waals surface area (Å²) in [6.07, 6.45) is 2.91. The number of hydrogen-bond donors (Lipinski definition) is 2. The molecule has 1 heterocycles. The lowest BCUT2D eigenvalue weighted by molar-refractivity contribution is 0.0329. The number of aliphatic hydroxyl groups excluding tert-OH is 1. The predicted molar refractivity (Wildman–Crippen MR) is 97.4 cm³/mol. The largest absolute Gasteiger partial charge is 0.508 e. The Balaban J connectivity index is 1.81. The zero-order valence-electron chi connectivity index (χ0n) is 14.0. The molecule has 1 unspecified atom stereocenters. The maximum atomic E-state index is 10.3. The van der Waals surface area contributed by atoms with Gasteiger partial charge in [-0.15, -0.1) is 0 Å². The van der Waals surface area contributed by atoms with Gasteiger partial charge in [0.2, 0.25) is 0 Å². The maximum absolute atomic E-state index is 10.3. The first-order valence-corrected chi connectivity index (χ1v) is 8.31. The van der Waals surface area contributed by atoms with Crippen LogP contribution >= 0.6 is 0 Å². The second kappa shape index (κ2) is 7.81. The van der Waals surface area contributed by atoms with Crippen LogP contribution in [0, 0.1) is 0 Å². The molecule has 0 saturated heterocycles. The second-order valence-corrected chi connectivity index (χ2v) is 5.88. The molecule has 128 valence electrons. The molecule has 4 heteroatoms. The van der Waals surface area contributed by atoms with Gasteiger partial charge in [0.15, 0.2) is 6.10 Å². The highest BCUT2D eigenvalue weighted by Crippen LogP contribution is 2.29. The molecule has 2 N–H and O–H groups in total. The Kier molecular flexibility index (Phi) is 5.31. The molecule has 0 amide bonds. The molecule has 1 aromatic heterocycles. The second-order valence-electron chi connectivity index (χ2n) is 5.88. The van der Waals surface area contributed by atoms with Gasteiger partial charge in [-0.25, -0.2) is 0 Å². The van der Waals surface area contributed by atoms with Crippen molar-refractivity contribution in [1.29, 1.82) is 0 Å². The molecule has 0 aliphatic rings. The molecule has 0 spiro atoms. The maximum Gasteiger partial charge on any atom is 0.151 e. The molecular formula is C21H21NO3. The zero-order valence-corrected chi connectivity index (χ0v) is 14.0. The SMILES string of the molecule is CC[C@@H](O)C(Oc1ccc(-c2cccc(O)c2)cc1)c1cccnc1. The number of phenolic OH excluding ortho intramolecular Hbond substituents is 1. The smallest absolute Gasteiger partial charge is 0.151 e. The van der Waals surface area contributed by atoms with Crippen LogP contribution in [0.5, 0.6) is 11.5 Å². The van der Waals surface area contributed by atoms with Crippen LogP contribution < -0.4 is 4.74 Å². The van der Waals surface area contributed by atoms with Crippen LogP contribution in [0.1, 0.15) is 25.0 Å². The summed E-state index contributed by atoms with van der Waals surface area (Å²) in [5.74, 6) is 0.908. The third-order valence-corrected chi connectivity index (χ3v) is 4.08. The molecule has 3 rings (SSSR count). The Labute approximate surface area is 147 Å². The fraction of sp³-hybridized carbons (Fsp3) is 0.190. The van der Waals surface area contributed by atoms with Crippen molar-refractivity contribution in [2.45, 2.75) is 25.6 Å². The van der Waals surface area contributed by atoms with Gasteiger partial charge in [0, 0.05) is 18.0 Å². The Morgan fingerprint density at radius 1 is 1.00 bits per heavy atom. The van der Waals surface area contributed by atoms with Crippen molar-refractivity contribution in [1.82, 2.24) is 4.98 Å². The van der Waals surface area contributed by atoms with Crippen LogP contribution in [0.2, 0.25) is 0 Å². The van der Waals surface area contributed by atoms with Crippen molar-refractivity contribution >= 4 is 0 Å². The van der Waals surface area contributed by atoms with Gasteiger partial charge in [-0.3, -0.25) is 4.98 Å². The number of hydrogen-bond acceptors (Lipinski definition) is 4. The molecule has 0 aliphatic carbocycles. The summed E-state index contributed by atoms with van der Waals surface area (Å²) in [4.78, 5) is 4.11. The normalized spacial score (nSPS) is 13.2. The number of nitrogens with zero attached hydrogens (tertiary/aromatic N) is 1. The van der Waals surface area contributed by atoms with E-state index in [1.807, 2.05) is 55.5 Å². The lowest BCUT2D eigenvalue weighted by Gasteiger charge is -2.23. The van der Waals surface area contributed by atoms with Crippen LogP contribution in [0.25, 0.3) is 11.1 Å². The minimum Gasteiger partial charge on any atom is -0.508 e. The highest BCUT2D eigenvalue weighted by Gasteiger charge is 2.22. The van der Waals surface area contributed by atoms with E-state index in [4.69, 9.17) is 4.74 Å². The zero-order chi connectivity index (χ0) is 17.6. The van der Waals surface area contributed by atoms with Crippen LogP contribution in [0.4, 0.5) is 0 Å². The Morgan fingerprint density at radius 3 is 2.44 bits per heavy atom. The van der Waals surface area contributed by atoms with Gasteiger partial charge in [-0.2, -0.15) is 0 Å². The van der Waals surface area contributed by atoms with Gasteiger partial charge >= 0.3 is 0 Å². The predicted octanol–water partition coefficient (Wildman–Crippen LogP) is 4.35. The monoisotopic (exact) mass is 335 g/mol. The van der Waals surface area contributed by atoms with E-state index in [0.29, 0.717) is 12.2 Å². The standard InChI is InChI=1S/C21H21NO3/c1-2-20(24)21(17-6-4-12-22-14-17)25-19-10-8-15(9-11-19)16-5-3-7-18(23)13-16/h3-14,20-21,23-24H,2H2,1H3/t20-,21?/m1/s1. The lowest BCUT2D eigenvalue weighted by Crippen LogP contribution is -2.23. The highest BCUT2D eigenvalue weighted by molar-refractivity contribution is 5.65. The molecule has 0 aliphatic heterocycles. The minimum absolute atomic E-state index is 0.237. The number of rotatable bonds is 6. The summed E-state index contributed by atoms with van der Waals surface area (Å²) in [6, 6.07) is 18.4. The van der Waals surface area contributed by atoms with Gasteiger partial charge < -0.3 is 14.9 Å². The van der Waals surface area contributed by atoms with Crippen LogP contribution in [-0.2, 0) is 0 Å². The molecule has 0 bridgehead atoms. The summed E-state index contributed by atoms with van der Waals surface area (Å²) in [5, 5.41) is 19.9. The van der Waals surface area contributed by atoms with E-state index in [-0.39, 0.29) is 5.75 Å². The molecule has 2 atom stereocenters. The first kappa shape index (κ1) is 17.0. The number of ether oxygens (including phenoxy) is 1. The average molecular weight is 335 g/mol. The molecular weight excluding hydrogens is 314 g/mol. The molecule has 0 fully saturated rings. The summed E-state index contributed by atoms with van der Waals surface area (Å²) >= 11 is 0. The van der Waals surface area contributed by atoms with Gasteiger partial charge in [-0.05, 0) is 47.9 Å². The summed E-state index contributed by atoms with van der Waals surface area (Å²) < 4.78 is 6.03. The van der Waals surface area contributed by atoms with Crippen molar-refractivity contribution in [3.8, 4) is 22.6 Å². The fourth-order valence-corrected chi connectivity index (χ4v) is 2.69. The van der Waals surface area contributed by atoms with Crippen molar-refractivity contribution in [3.05, 3.63) is 78.6 Å². The lowest BCUT2D eigenvalue weighted by atomic mass is 10.0. The van der Waals surface area contributed by atoms with Crippen LogP contribution in [-0.4, -0.2) is 21.3 Å². The first-order chi connectivity index (χ1) is 12.2. The summed E-state index contributed by atoms with van der Waals surface area (Å²) in [5.41, 5.74) is 2.76. The number of benzene rings is 2. The highest BCUT2D eigenvalue weighted by atomic mass is 16.5. The van der Waals surface area contributed by atoms with Crippen LogP contribution in [0.15, 0.2) is 73.1 Å². The molecule has 3 aromatic rings. The molecule has 4 nitrogen and oxygen atoms in total. The average Bonchev–Trinajstić information content (AvgIpc) is 2.66. The summed E-state index contributed by atoms with van der Waals surface area (Å²) in [7, 11) is 0. The number of aromatic hydroxyl groups is 1. The number of pyridine rings is 1. The van der Waals surface area contributed by atoms with Crippen molar-refractivity contribution in [2.75, 3.05) is 0 Å². The van der Waals surface area contributed by atoms with E-state index in [2.05, 4.69) is 4.98 Å². The topological polar surface area (TPSA) is 62.6 Å². The molecule has 0 radical (unpaired) electrons. The number of phenols is 1. The number of aliphatic hydroxyl groups is 1. The van der Waals surface area contributed by atoms with Crippen molar-refractivity contribution in [3.63, 3.8) is 0 Å². The third kappa shape index (κ3) is 4.17. The van der Waals surface area contributed by atoms with Gasteiger partial charge in [0.1, 0.15) is 11.5 Å². The third-order valence-electron chi connectivity index (χ3n) is 4.08. The fourth-order valence-electron chi connectivity index (χ4n) is 2.69. The van der Waals surface area contributed by atoms with Gasteiger partial charge in [0.05, 0.1) is 6.10 Å². The van der Waals surface area contributed by atoms with Crippen molar-refractivity contribution < 1.29 is 14.9 Å². The van der Waals surface area contributed by atoms with E-state index < -0.39 is 12.2 Å². The van der Waals surface area contributed by atoms with Crippen LogP contribution in [0.3, 0.4) is 0 Å². The van der Waals surface area contributed by atoms with E-state index in [1.54, 1.807) is 24.5 Å². The van der Waals surface area contributed by atoms with E-state index in [0.717, 1.165) is 16.7 Å². The summed E-state index contributed by atoms with van der Waals surface area (Å²) in [6.45, 7) is 1.92. The molecule has 25 heavy (non-hydrogen) atoms. The quantitative estimate of drug-likeness (QED) is 0.703. The number of aromatic nitrogens is 1. The van der Waals surface area contributed by atoms with Gasteiger partial charge in [-0.1, -0.05) is 37.3 Å². The molecule has 2 aromatic carbocycles. The van der Waals surface area contributed by atoms with Crippen molar-refractivity contribution in [2.24, 2.45) is 0 Å². The Bertz CT molecular complexity index is 803. The first-order valence-electron chi connectivity index (χ1n) is 8.31. The van der Waals surface area contributed by atoms with E-state index in [9.17, 15) is 10.2 Å². The van der Waals surface area contributed by atoms with E-state index >= 15 is 0 Å².